The summed E-state index contributed by atoms with van der Waals surface area (Å²) in [6.45, 7) is 0.0198. The van der Waals surface area contributed by atoms with Crippen molar-refractivity contribution < 1.29 is 35.5 Å². The molecule has 0 atom stereocenters. The van der Waals surface area contributed by atoms with Crippen LogP contribution in [0.25, 0.3) is 11.0 Å². The van der Waals surface area contributed by atoms with Crippen LogP contribution in [0.15, 0.2) is 30.3 Å². The highest BCUT2D eigenvalue weighted by Gasteiger charge is 2.68. The van der Waals surface area contributed by atoms with Gasteiger partial charge in [0.15, 0.2) is 0 Å². The minimum absolute atomic E-state index is 0.0398. The lowest BCUT2D eigenvalue weighted by Crippen LogP contribution is -2.40. The number of nitrogens with zero attached hydrogens (tertiary/aromatic N) is 4. The lowest BCUT2D eigenvalue weighted by molar-refractivity contribution is -0.192. The molecule has 14 heteroatoms. The van der Waals surface area contributed by atoms with Crippen LogP contribution in [0.1, 0.15) is 36.8 Å². The predicted octanol–water partition coefficient (Wildman–Crippen LogP) is 6.07. The van der Waals surface area contributed by atoms with Gasteiger partial charge in [-0.15, -0.1) is 0 Å². The third-order valence-corrected chi connectivity index (χ3v) is 7.87. The fourth-order valence-electron chi connectivity index (χ4n) is 5.15. The van der Waals surface area contributed by atoms with E-state index in [1.54, 1.807) is 22.6 Å². The number of alkyl halides is 6. The number of rotatable bonds is 6. The predicted molar refractivity (Wildman–Crippen MR) is 136 cm³/mol. The van der Waals surface area contributed by atoms with E-state index >= 15 is 0 Å². The van der Waals surface area contributed by atoms with Crippen molar-refractivity contribution in [2.45, 2.75) is 44.6 Å². The standard InChI is InChI=1S/C27H25F7N6O/c1-39-22-12-21(40-8-4-17(5-9-40)26(29,30)31)16(13-35)11-20(22)38-24(39)37-19-10-15(2-3-18(19)28)14-36-23(41)25(6-7-25)27(32,33)34/h2-3,10-12,17H,4-9,14H2,1H3,(H,36,41)(H,37,38). The number of anilines is 3. The van der Waals surface area contributed by atoms with E-state index in [9.17, 15) is 40.8 Å². The Morgan fingerprint density at radius 1 is 1.12 bits per heavy atom. The fourth-order valence-corrected chi connectivity index (χ4v) is 5.15. The van der Waals surface area contributed by atoms with Gasteiger partial charge >= 0.3 is 12.4 Å². The summed E-state index contributed by atoms with van der Waals surface area (Å²) >= 11 is 0. The average molecular weight is 583 g/mol. The maximum absolute atomic E-state index is 14.7. The summed E-state index contributed by atoms with van der Waals surface area (Å²) in [7, 11) is 1.64. The lowest BCUT2D eigenvalue weighted by atomic mass is 9.95. The summed E-state index contributed by atoms with van der Waals surface area (Å²) < 4.78 is 95.2. The van der Waals surface area contributed by atoms with Crippen LogP contribution in [0.5, 0.6) is 0 Å². The molecule has 41 heavy (non-hydrogen) atoms. The van der Waals surface area contributed by atoms with Crippen molar-refractivity contribution in [3.63, 3.8) is 0 Å². The van der Waals surface area contributed by atoms with Crippen molar-refractivity contribution in [3.8, 4) is 6.07 Å². The van der Waals surface area contributed by atoms with Crippen LogP contribution in [0, 0.1) is 28.5 Å². The Morgan fingerprint density at radius 2 is 1.80 bits per heavy atom. The molecule has 0 unspecified atom stereocenters. The Morgan fingerprint density at radius 3 is 2.39 bits per heavy atom. The Balaban J connectivity index is 1.35. The SMILES string of the molecule is Cn1c(Nc2cc(CNC(=O)C3(C(F)(F)F)CC3)ccc2F)nc2cc(C#N)c(N3CCC(C(F)(F)F)CC3)cc21. The van der Waals surface area contributed by atoms with Gasteiger partial charge in [-0.25, -0.2) is 9.37 Å². The van der Waals surface area contributed by atoms with Crippen LogP contribution in [-0.2, 0) is 18.4 Å². The third-order valence-electron chi connectivity index (χ3n) is 7.87. The highest BCUT2D eigenvalue weighted by atomic mass is 19.4. The zero-order valence-electron chi connectivity index (χ0n) is 21.8. The van der Waals surface area contributed by atoms with Gasteiger partial charge in [0.1, 0.15) is 17.3 Å². The molecule has 7 nitrogen and oxygen atoms in total. The van der Waals surface area contributed by atoms with E-state index in [0.717, 1.165) is 6.07 Å². The van der Waals surface area contributed by atoms with Crippen molar-refractivity contribution in [2.75, 3.05) is 23.3 Å². The van der Waals surface area contributed by atoms with Crippen LogP contribution in [-0.4, -0.2) is 40.9 Å². The molecular formula is C27H25F7N6O. The molecule has 5 rings (SSSR count). The quantitative estimate of drug-likeness (QED) is 0.345. The molecule has 2 fully saturated rings. The molecule has 218 valence electrons. The Labute approximate surface area is 229 Å². The second kappa shape index (κ2) is 10.1. The molecule has 2 N–H and O–H groups in total. The van der Waals surface area contributed by atoms with Gasteiger partial charge in [-0.3, -0.25) is 4.79 Å². The number of carbonyl (C=O) groups excluding carboxylic acids is 1. The first-order valence-electron chi connectivity index (χ1n) is 12.9. The molecular weight excluding hydrogens is 557 g/mol. The number of halogens is 7. The zero-order chi connectivity index (χ0) is 29.7. The van der Waals surface area contributed by atoms with E-state index in [1.807, 2.05) is 0 Å². The van der Waals surface area contributed by atoms with Gasteiger partial charge in [0.25, 0.3) is 0 Å². The maximum Gasteiger partial charge on any atom is 0.403 e. The summed E-state index contributed by atoms with van der Waals surface area (Å²) in [6.07, 6.45) is -9.62. The summed E-state index contributed by atoms with van der Waals surface area (Å²) in [4.78, 5) is 18.3. The zero-order valence-corrected chi connectivity index (χ0v) is 21.8. The normalized spacial score (nSPS) is 17.4. The number of amides is 1. The number of nitrogens with one attached hydrogen (secondary N) is 2. The second-order valence-electron chi connectivity index (χ2n) is 10.5. The van der Waals surface area contributed by atoms with Crippen LogP contribution in [0.4, 0.5) is 48.1 Å². The number of piperidine rings is 1. The van der Waals surface area contributed by atoms with Crippen LogP contribution in [0.3, 0.4) is 0 Å². The van der Waals surface area contributed by atoms with Crippen molar-refractivity contribution in [3.05, 3.63) is 47.3 Å². The monoisotopic (exact) mass is 582 g/mol. The van der Waals surface area contributed by atoms with Crippen LogP contribution >= 0.6 is 0 Å². The van der Waals surface area contributed by atoms with Gasteiger partial charge < -0.3 is 20.1 Å². The number of carbonyl (C=O) groups is 1. The molecule has 1 aliphatic heterocycles. The first-order chi connectivity index (χ1) is 19.2. The Bertz CT molecular complexity index is 1530. The number of benzene rings is 2. The van der Waals surface area contributed by atoms with Crippen molar-refractivity contribution >= 4 is 34.3 Å². The molecule has 0 radical (unpaired) electrons. The lowest BCUT2D eigenvalue weighted by Gasteiger charge is -2.34. The van der Waals surface area contributed by atoms with E-state index in [-0.39, 0.29) is 62.5 Å². The number of hydrogen-bond donors (Lipinski definition) is 2. The van der Waals surface area contributed by atoms with Gasteiger partial charge in [-0.1, -0.05) is 6.07 Å². The van der Waals surface area contributed by atoms with Gasteiger partial charge in [-0.05, 0) is 55.5 Å². The van der Waals surface area contributed by atoms with Gasteiger partial charge in [-0.2, -0.15) is 31.6 Å². The molecule has 2 aliphatic rings. The summed E-state index contributed by atoms with van der Waals surface area (Å²) in [6, 6.07) is 9.05. The minimum Gasteiger partial charge on any atom is -0.370 e. The number of aromatic nitrogens is 2. The fraction of sp³-hybridized carbons (Fsp3) is 0.444. The number of hydrogen-bond acceptors (Lipinski definition) is 5. The first kappa shape index (κ1) is 28.5. The van der Waals surface area contributed by atoms with E-state index in [2.05, 4.69) is 21.7 Å². The average Bonchev–Trinajstić information content (AvgIpc) is 3.69. The maximum atomic E-state index is 14.7. The van der Waals surface area contributed by atoms with Crippen molar-refractivity contribution in [1.82, 2.24) is 14.9 Å². The molecule has 2 heterocycles. The molecule has 1 aromatic heterocycles. The summed E-state index contributed by atoms with van der Waals surface area (Å²) in [5.74, 6) is -3.00. The highest BCUT2D eigenvalue weighted by Crippen LogP contribution is 2.57. The van der Waals surface area contributed by atoms with Crippen LogP contribution < -0.4 is 15.5 Å². The highest BCUT2D eigenvalue weighted by molar-refractivity contribution is 5.87. The smallest absolute Gasteiger partial charge is 0.370 e. The Hall–Kier alpha value is -4.02. The Kier molecular flexibility index (Phi) is 7.03. The molecule has 2 aromatic carbocycles. The largest absolute Gasteiger partial charge is 0.403 e. The van der Waals surface area contributed by atoms with E-state index in [0.29, 0.717) is 22.3 Å². The molecule has 1 amide bonds. The molecule has 0 spiro atoms. The third kappa shape index (κ3) is 5.37. The number of aryl methyl sites for hydroxylation is 1. The van der Waals surface area contributed by atoms with E-state index in [1.165, 1.54) is 18.2 Å². The molecule has 3 aromatic rings. The molecule has 1 aliphatic carbocycles. The number of imidazole rings is 1. The number of nitriles is 1. The molecule has 0 bridgehead atoms. The van der Waals surface area contributed by atoms with E-state index < -0.39 is 35.4 Å². The van der Waals surface area contributed by atoms with Gasteiger partial charge in [0.05, 0.1) is 33.9 Å². The van der Waals surface area contributed by atoms with Crippen molar-refractivity contribution in [1.29, 1.82) is 5.26 Å². The van der Waals surface area contributed by atoms with Crippen LogP contribution in [0.2, 0.25) is 0 Å². The second-order valence-corrected chi connectivity index (χ2v) is 10.5. The molecule has 1 saturated heterocycles. The summed E-state index contributed by atoms with van der Waals surface area (Å²) in [5.41, 5.74) is -0.389. The minimum atomic E-state index is -4.64. The summed E-state index contributed by atoms with van der Waals surface area (Å²) in [5, 5.41) is 14.8. The molecule has 1 saturated carbocycles. The van der Waals surface area contributed by atoms with Gasteiger partial charge in [0.2, 0.25) is 11.9 Å². The first-order valence-corrected chi connectivity index (χ1v) is 12.9. The van der Waals surface area contributed by atoms with E-state index in [4.69, 9.17) is 0 Å². The van der Waals surface area contributed by atoms with Gasteiger partial charge in [0, 0.05) is 26.7 Å². The number of fused-ring (bicyclic) bond motifs is 1. The topological polar surface area (TPSA) is 86.0 Å². The van der Waals surface area contributed by atoms with Crippen molar-refractivity contribution in [2.24, 2.45) is 18.4 Å².